The number of rotatable bonds is 4. The number of likely N-dealkylation sites (tertiary alicyclic amines) is 1. The molecule has 0 unspecified atom stereocenters. The molecule has 1 fully saturated rings. The molecule has 0 amide bonds. The summed E-state index contributed by atoms with van der Waals surface area (Å²) < 4.78 is 40.6. The van der Waals surface area contributed by atoms with Gasteiger partial charge < -0.3 is 0 Å². The van der Waals surface area contributed by atoms with Crippen LogP contribution in [0.2, 0.25) is 0 Å². The predicted octanol–water partition coefficient (Wildman–Crippen LogP) is 3.35. The molecule has 4 nitrogen and oxygen atoms in total. The van der Waals surface area contributed by atoms with Crippen molar-refractivity contribution in [1.82, 2.24) is 4.90 Å². The van der Waals surface area contributed by atoms with Crippen LogP contribution in [0.1, 0.15) is 17.0 Å². The van der Waals surface area contributed by atoms with Crippen LogP contribution in [0, 0.1) is 27.6 Å². The molecule has 2 aromatic rings. The van der Waals surface area contributed by atoms with Crippen molar-refractivity contribution in [3.05, 3.63) is 81.2 Å². The van der Waals surface area contributed by atoms with Gasteiger partial charge in [0.2, 0.25) is 6.04 Å². The summed E-state index contributed by atoms with van der Waals surface area (Å²) in [6.07, 6.45) is 0. The van der Waals surface area contributed by atoms with E-state index < -0.39 is 34.3 Å². The summed E-state index contributed by atoms with van der Waals surface area (Å²) in [6, 6.07) is 9.50. The van der Waals surface area contributed by atoms with Gasteiger partial charge in [-0.1, -0.05) is 30.3 Å². The standard InChI is InChI=1S/C17H15F3N2O2/c18-14-7-16(20)15(19)6-12(14)13-9-21(10-17(13)22(23)24)8-11-4-2-1-3-5-11/h1-7,13,17H,8-10H2/t13-,17+/m0/s1. The van der Waals surface area contributed by atoms with Crippen LogP contribution in [0.25, 0.3) is 0 Å². The van der Waals surface area contributed by atoms with Gasteiger partial charge in [0.1, 0.15) is 5.82 Å². The van der Waals surface area contributed by atoms with E-state index in [1.165, 1.54) is 0 Å². The van der Waals surface area contributed by atoms with Crippen LogP contribution in [0.3, 0.4) is 0 Å². The summed E-state index contributed by atoms with van der Waals surface area (Å²) in [7, 11) is 0. The average molecular weight is 336 g/mol. The fraction of sp³-hybridized carbons (Fsp3) is 0.294. The van der Waals surface area contributed by atoms with Gasteiger partial charge in [0.15, 0.2) is 11.6 Å². The minimum Gasteiger partial charge on any atom is -0.292 e. The van der Waals surface area contributed by atoms with Crippen LogP contribution in [0.15, 0.2) is 42.5 Å². The summed E-state index contributed by atoms with van der Waals surface area (Å²) in [5.41, 5.74) is 0.831. The molecule has 0 radical (unpaired) electrons. The van der Waals surface area contributed by atoms with Crippen molar-refractivity contribution in [3.8, 4) is 0 Å². The topological polar surface area (TPSA) is 46.4 Å². The molecule has 0 aliphatic carbocycles. The molecular formula is C17H15F3N2O2. The molecular weight excluding hydrogens is 321 g/mol. The van der Waals surface area contributed by atoms with E-state index in [4.69, 9.17) is 0 Å². The minimum atomic E-state index is -1.30. The van der Waals surface area contributed by atoms with Gasteiger partial charge in [0.05, 0.1) is 12.5 Å². The molecule has 2 atom stereocenters. The molecule has 0 N–H and O–H groups in total. The molecule has 2 aromatic carbocycles. The summed E-state index contributed by atoms with van der Waals surface area (Å²) in [5.74, 6) is -4.27. The molecule has 1 aliphatic heterocycles. The summed E-state index contributed by atoms with van der Waals surface area (Å²) in [5, 5.41) is 11.3. The van der Waals surface area contributed by atoms with Gasteiger partial charge in [-0.2, -0.15) is 0 Å². The lowest BCUT2D eigenvalue weighted by molar-refractivity contribution is -0.521. The molecule has 1 heterocycles. The number of nitro groups is 1. The molecule has 7 heteroatoms. The Hall–Kier alpha value is -2.41. The van der Waals surface area contributed by atoms with E-state index >= 15 is 0 Å². The molecule has 0 spiro atoms. The predicted molar refractivity (Wildman–Crippen MR) is 81.6 cm³/mol. The molecule has 1 aliphatic rings. The van der Waals surface area contributed by atoms with Crippen molar-refractivity contribution in [2.45, 2.75) is 18.5 Å². The molecule has 0 saturated carbocycles. The van der Waals surface area contributed by atoms with Crippen LogP contribution in [0.4, 0.5) is 13.2 Å². The van der Waals surface area contributed by atoms with Gasteiger partial charge in [-0.3, -0.25) is 15.0 Å². The first-order valence-electron chi connectivity index (χ1n) is 7.50. The zero-order valence-corrected chi connectivity index (χ0v) is 12.7. The summed E-state index contributed by atoms with van der Waals surface area (Å²) in [4.78, 5) is 12.7. The minimum absolute atomic E-state index is 0.130. The average Bonchev–Trinajstić information content (AvgIpc) is 2.96. The molecule has 24 heavy (non-hydrogen) atoms. The summed E-state index contributed by atoms with van der Waals surface area (Å²) in [6.45, 7) is 0.820. The Balaban J connectivity index is 1.86. The van der Waals surface area contributed by atoms with Crippen LogP contribution in [0.5, 0.6) is 0 Å². The first kappa shape index (κ1) is 16.4. The lowest BCUT2D eigenvalue weighted by atomic mass is 9.94. The van der Waals surface area contributed by atoms with E-state index in [1.807, 2.05) is 35.2 Å². The third-order valence-electron chi connectivity index (χ3n) is 4.32. The Labute approximate surface area is 136 Å². The van der Waals surface area contributed by atoms with Crippen molar-refractivity contribution >= 4 is 0 Å². The third kappa shape index (κ3) is 3.26. The Bertz CT molecular complexity index is 755. The molecule has 0 bridgehead atoms. The zero-order chi connectivity index (χ0) is 17.3. The maximum atomic E-state index is 14.0. The first-order valence-corrected chi connectivity index (χ1v) is 7.50. The Morgan fingerprint density at radius 1 is 1.04 bits per heavy atom. The summed E-state index contributed by atoms with van der Waals surface area (Å²) >= 11 is 0. The van der Waals surface area contributed by atoms with E-state index in [0.717, 1.165) is 11.6 Å². The molecule has 0 aromatic heterocycles. The second kappa shape index (κ2) is 6.60. The van der Waals surface area contributed by atoms with Crippen LogP contribution < -0.4 is 0 Å². The van der Waals surface area contributed by atoms with Crippen LogP contribution >= 0.6 is 0 Å². The third-order valence-corrected chi connectivity index (χ3v) is 4.32. The number of benzene rings is 2. The van der Waals surface area contributed by atoms with Gasteiger partial charge in [-0.25, -0.2) is 13.2 Å². The van der Waals surface area contributed by atoms with Gasteiger partial charge in [-0.15, -0.1) is 0 Å². The van der Waals surface area contributed by atoms with E-state index in [9.17, 15) is 23.3 Å². The van der Waals surface area contributed by atoms with Crippen molar-refractivity contribution in [1.29, 1.82) is 0 Å². The normalized spacial score (nSPS) is 21.1. The van der Waals surface area contributed by atoms with Crippen molar-refractivity contribution < 1.29 is 18.1 Å². The fourth-order valence-electron chi connectivity index (χ4n) is 3.18. The second-order valence-electron chi connectivity index (χ2n) is 5.93. The second-order valence-corrected chi connectivity index (χ2v) is 5.93. The molecule has 1 saturated heterocycles. The zero-order valence-electron chi connectivity index (χ0n) is 12.7. The van der Waals surface area contributed by atoms with E-state index in [-0.39, 0.29) is 18.7 Å². The van der Waals surface area contributed by atoms with E-state index in [2.05, 4.69) is 0 Å². The van der Waals surface area contributed by atoms with Crippen LogP contribution in [-0.2, 0) is 6.54 Å². The van der Waals surface area contributed by atoms with Crippen molar-refractivity contribution in [2.75, 3.05) is 13.1 Å². The smallest absolute Gasteiger partial charge is 0.233 e. The highest BCUT2D eigenvalue weighted by molar-refractivity contribution is 5.27. The Morgan fingerprint density at radius 3 is 2.38 bits per heavy atom. The van der Waals surface area contributed by atoms with Crippen molar-refractivity contribution in [2.24, 2.45) is 0 Å². The highest BCUT2D eigenvalue weighted by atomic mass is 19.2. The highest BCUT2D eigenvalue weighted by Crippen LogP contribution is 2.33. The lowest BCUT2D eigenvalue weighted by Gasteiger charge is -2.15. The van der Waals surface area contributed by atoms with E-state index in [0.29, 0.717) is 12.6 Å². The van der Waals surface area contributed by atoms with Gasteiger partial charge in [-0.05, 0) is 11.6 Å². The SMILES string of the molecule is O=[N+]([O-])[C@@H]1CN(Cc2ccccc2)C[C@H]1c1cc(F)c(F)cc1F. The monoisotopic (exact) mass is 336 g/mol. The molecule has 126 valence electrons. The number of halogens is 3. The maximum absolute atomic E-state index is 14.0. The number of hydrogen-bond donors (Lipinski definition) is 0. The van der Waals surface area contributed by atoms with Gasteiger partial charge in [0, 0.05) is 29.6 Å². The van der Waals surface area contributed by atoms with Crippen molar-refractivity contribution in [3.63, 3.8) is 0 Å². The largest absolute Gasteiger partial charge is 0.292 e. The quantitative estimate of drug-likeness (QED) is 0.489. The number of hydrogen-bond acceptors (Lipinski definition) is 3. The van der Waals surface area contributed by atoms with Crippen LogP contribution in [-0.4, -0.2) is 29.0 Å². The maximum Gasteiger partial charge on any atom is 0.233 e. The molecule has 3 rings (SSSR count). The Kier molecular flexibility index (Phi) is 4.53. The highest BCUT2D eigenvalue weighted by Gasteiger charge is 2.43. The number of nitrogens with zero attached hydrogens (tertiary/aromatic N) is 2. The first-order chi connectivity index (χ1) is 11.5. The lowest BCUT2D eigenvalue weighted by Crippen LogP contribution is -2.28. The van der Waals surface area contributed by atoms with E-state index in [1.54, 1.807) is 0 Å². The fourth-order valence-corrected chi connectivity index (χ4v) is 3.18. The van der Waals surface area contributed by atoms with Gasteiger partial charge in [0.25, 0.3) is 0 Å². The Morgan fingerprint density at radius 2 is 1.71 bits per heavy atom. The van der Waals surface area contributed by atoms with Gasteiger partial charge >= 0.3 is 0 Å².